The van der Waals surface area contributed by atoms with Crippen molar-refractivity contribution in [3.63, 3.8) is 0 Å². The summed E-state index contributed by atoms with van der Waals surface area (Å²) in [5.74, 6) is 0.759. The van der Waals surface area contributed by atoms with Gasteiger partial charge in [-0.2, -0.15) is 0 Å². The number of guanidine groups is 1. The summed E-state index contributed by atoms with van der Waals surface area (Å²) in [4.78, 5) is 7.48. The molecule has 2 N–H and O–H groups in total. The van der Waals surface area contributed by atoms with Gasteiger partial charge in [-0.05, 0) is 25.5 Å². The third-order valence-electron chi connectivity index (χ3n) is 3.55. The van der Waals surface area contributed by atoms with Crippen molar-refractivity contribution in [1.29, 1.82) is 0 Å². The fourth-order valence-electron chi connectivity index (χ4n) is 2.27. The first-order valence-electron chi connectivity index (χ1n) is 7.57. The molecular formula is C14H24N4O3S2. The average Bonchev–Trinajstić information content (AvgIpc) is 3.12. The van der Waals surface area contributed by atoms with Crippen molar-refractivity contribution in [3.05, 3.63) is 17.0 Å². The van der Waals surface area contributed by atoms with E-state index in [4.69, 9.17) is 0 Å². The smallest absolute Gasteiger partial charge is 0.252 e. The second kappa shape index (κ2) is 7.61. The molecular weight excluding hydrogens is 336 g/mol. The Kier molecular flexibility index (Phi) is 6.01. The number of aliphatic hydroxyl groups excluding tert-OH is 1. The number of nitrogens with zero attached hydrogens (tertiary/aromatic N) is 3. The molecule has 9 heteroatoms. The predicted octanol–water partition coefficient (Wildman–Crippen LogP) is 0.530. The molecule has 1 atom stereocenters. The van der Waals surface area contributed by atoms with E-state index < -0.39 is 10.0 Å². The van der Waals surface area contributed by atoms with E-state index in [1.165, 1.54) is 29.7 Å². The number of aliphatic hydroxyl groups is 1. The number of aliphatic imine (C=N–C) groups is 1. The topological polar surface area (TPSA) is 85.2 Å². The van der Waals surface area contributed by atoms with Crippen LogP contribution in [0.15, 0.2) is 21.3 Å². The summed E-state index contributed by atoms with van der Waals surface area (Å²) in [6.07, 6.45) is 0.437. The van der Waals surface area contributed by atoms with Crippen molar-refractivity contribution in [1.82, 2.24) is 14.5 Å². The van der Waals surface area contributed by atoms with Crippen LogP contribution >= 0.6 is 11.3 Å². The third kappa shape index (κ3) is 4.43. The van der Waals surface area contributed by atoms with Crippen molar-refractivity contribution >= 4 is 27.3 Å². The summed E-state index contributed by atoms with van der Waals surface area (Å²) in [6, 6.07) is 3.42. The normalized spacial score (nSPS) is 19.6. The summed E-state index contributed by atoms with van der Waals surface area (Å²) in [5.41, 5.74) is 0. The number of sulfonamides is 1. The zero-order chi connectivity index (χ0) is 17.0. The molecule has 1 aromatic heterocycles. The third-order valence-corrected chi connectivity index (χ3v) is 6.91. The Morgan fingerprint density at radius 2 is 2.26 bits per heavy atom. The van der Waals surface area contributed by atoms with Gasteiger partial charge in [0, 0.05) is 38.6 Å². The van der Waals surface area contributed by atoms with Crippen molar-refractivity contribution < 1.29 is 13.5 Å². The van der Waals surface area contributed by atoms with Crippen LogP contribution in [0.5, 0.6) is 0 Å². The van der Waals surface area contributed by atoms with E-state index in [9.17, 15) is 13.5 Å². The number of rotatable bonds is 5. The van der Waals surface area contributed by atoms with Crippen LogP contribution < -0.4 is 5.32 Å². The number of hydrogen-bond acceptors (Lipinski definition) is 5. The summed E-state index contributed by atoms with van der Waals surface area (Å²) in [6.45, 7) is 4.52. The van der Waals surface area contributed by atoms with Gasteiger partial charge in [-0.25, -0.2) is 17.7 Å². The molecule has 1 saturated heterocycles. The number of β-amino-alcohol motifs (C(OH)–C–C–N with tert-alkyl or cyclic N) is 1. The molecule has 0 aliphatic carbocycles. The first-order valence-corrected chi connectivity index (χ1v) is 9.82. The Bertz CT molecular complexity index is 655. The van der Waals surface area contributed by atoms with E-state index in [1.54, 1.807) is 12.1 Å². The van der Waals surface area contributed by atoms with E-state index in [-0.39, 0.29) is 6.10 Å². The molecule has 0 radical (unpaired) electrons. The molecule has 0 aromatic carbocycles. The van der Waals surface area contributed by atoms with E-state index >= 15 is 0 Å². The Labute approximate surface area is 141 Å². The zero-order valence-corrected chi connectivity index (χ0v) is 15.3. The molecule has 1 fully saturated rings. The van der Waals surface area contributed by atoms with Crippen LogP contribution in [0, 0.1) is 0 Å². The minimum atomic E-state index is -3.38. The maximum absolute atomic E-state index is 12.1. The van der Waals surface area contributed by atoms with Gasteiger partial charge in [0.15, 0.2) is 5.96 Å². The lowest BCUT2D eigenvalue weighted by Crippen LogP contribution is -2.40. The molecule has 2 heterocycles. The van der Waals surface area contributed by atoms with Crippen molar-refractivity contribution in [2.24, 2.45) is 4.99 Å². The number of likely N-dealkylation sites (tertiary alicyclic amines) is 1. The van der Waals surface area contributed by atoms with Crippen LogP contribution in [0.4, 0.5) is 0 Å². The SMILES string of the molecule is CCNC(=NCc1ccc(S(=O)(=O)N(C)C)s1)N1CC[C@@H](O)C1. The van der Waals surface area contributed by atoms with Crippen molar-refractivity contribution in [2.45, 2.75) is 30.2 Å². The lowest BCUT2D eigenvalue weighted by molar-refractivity contribution is 0.188. The van der Waals surface area contributed by atoms with Crippen LogP contribution in [0.1, 0.15) is 18.2 Å². The van der Waals surface area contributed by atoms with Gasteiger partial charge in [0.05, 0.1) is 12.6 Å². The first kappa shape index (κ1) is 18.2. The van der Waals surface area contributed by atoms with Crippen LogP contribution in [0.25, 0.3) is 0 Å². The predicted molar refractivity (Wildman–Crippen MR) is 92.2 cm³/mol. The van der Waals surface area contributed by atoms with Crippen LogP contribution in [-0.4, -0.2) is 68.5 Å². The molecule has 0 amide bonds. The van der Waals surface area contributed by atoms with E-state index in [0.29, 0.717) is 17.3 Å². The molecule has 7 nitrogen and oxygen atoms in total. The molecule has 1 aromatic rings. The monoisotopic (exact) mass is 360 g/mol. The number of thiophene rings is 1. The van der Waals surface area contributed by atoms with Gasteiger partial charge >= 0.3 is 0 Å². The standard InChI is InChI=1S/C14H24N4O3S2/c1-4-15-14(18-8-7-11(19)10-18)16-9-12-5-6-13(22-12)23(20,21)17(2)3/h5-6,11,19H,4,7-10H2,1-3H3,(H,15,16)/t11-/m1/s1. The Morgan fingerprint density at radius 3 is 2.83 bits per heavy atom. The van der Waals surface area contributed by atoms with Crippen LogP contribution in [-0.2, 0) is 16.6 Å². The van der Waals surface area contributed by atoms with Gasteiger partial charge in [0.1, 0.15) is 4.21 Å². The molecule has 1 aliphatic heterocycles. The highest BCUT2D eigenvalue weighted by molar-refractivity contribution is 7.91. The van der Waals surface area contributed by atoms with Gasteiger partial charge in [0.2, 0.25) is 0 Å². The maximum Gasteiger partial charge on any atom is 0.252 e. The highest BCUT2D eigenvalue weighted by Crippen LogP contribution is 2.24. The molecule has 2 rings (SSSR count). The van der Waals surface area contributed by atoms with E-state index in [1.807, 2.05) is 11.8 Å². The Hall–Kier alpha value is -1.16. The highest BCUT2D eigenvalue weighted by Gasteiger charge is 2.23. The molecule has 23 heavy (non-hydrogen) atoms. The molecule has 0 spiro atoms. The van der Waals surface area contributed by atoms with Gasteiger partial charge in [-0.3, -0.25) is 0 Å². The first-order chi connectivity index (χ1) is 10.8. The lowest BCUT2D eigenvalue weighted by Gasteiger charge is -2.20. The fourth-order valence-corrected chi connectivity index (χ4v) is 4.72. The minimum Gasteiger partial charge on any atom is -0.391 e. The van der Waals surface area contributed by atoms with Gasteiger partial charge in [-0.15, -0.1) is 11.3 Å². The molecule has 0 bridgehead atoms. The van der Waals surface area contributed by atoms with Crippen molar-refractivity contribution in [2.75, 3.05) is 33.7 Å². The van der Waals surface area contributed by atoms with Crippen molar-refractivity contribution in [3.8, 4) is 0 Å². The Balaban J connectivity index is 2.10. The largest absolute Gasteiger partial charge is 0.391 e. The minimum absolute atomic E-state index is 0.308. The summed E-state index contributed by atoms with van der Waals surface area (Å²) < 4.78 is 25.7. The molecule has 1 aliphatic rings. The summed E-state index contributed by atoms with van der Waals surface area (Å²) in [7, 11) is -0.338. The van der Waals surface area contributed by atoms with Gasteiger partial charge in [-0.1, -0.05) is 0 Å². The zero-order valence-electron chi connectivity index (χ0n) is 13.7. The average molecular weight is 361 g/mol. The number of nitrogens with one attached hydrogen (secondary N) is 1. The second-order valence-corrected chi connectivity index (χ2v) is 9.11. The number of hydrogen-bond donors (Lipinski definition) is 2. The molecule has 130 valence electrons. The molecule has 0 unspecified atom stereocenters. The van der Waals surface area contributed by atoms with Crippen LogP contribution in [0.3, 0.4) is 0 Å². The van der Waals surface area contributed by atoms with E-state index in [0.717, 1.165) is 30.3 Å². The van der Waals surface area contributed by atoms with Gasteiger partial charge < -0.3 is 15.3 Å². The Morgan fingerprint density at radius 1 is 1.52 bits per heavy atom. The summed E-state index contributed by atoms with van der Waals surface area (Å²) >= 11 is 1.24. The lowest BCUT2D eigenvalue weighted by atomic mass is 10.3. The molecule has 0 saturated carbocycles. The maximum atomic E-state index is 12.1. The highest BCUT2D eigenvalue weighted by atomic mass is 32.2. The second-order valence-electron chi connectivity index (χ2n) is 5.57. The van der Waals surface area contributed by atoms with E-state index in [2.05, 4.69) is 10.3 Å². The van der Waals surface area contributed by atoms with Crippen LogP contribution in [0.2, 0.25) is 0 Å². The fraction of sp³-hybridized carbons (Fsp3) is 0.643. The van der Waals surface area contributed by atoms with Gasteiger partial charge in [0.25, 0.3) is 10.0 Å². The summed E-state index contributed by atoms with van der Waals surface area (Å²) in [5, 5.41) is 12.9. The quantitative estimate of drug-likeness (QED) is 0.591.